The largest absolute Gasteiger partial charge is 0.492 e. The molecule has 118 valence electrons. The summed E-state index contributed by atoms with van der Waals surface area (Å²) in [5.74, 6) is 1.17. The molecule has 1 atom stereocenters. The van der Waals surface area contributed by atoms with Crippen molar-refractivity contribution in [1.29, 1.82) is 0 Å². The number of rotatable bonds is 3. The lowest BCUT2D eigenvalue weighted by Gasteiger charge is -2.14. The fourth-order valence-corrected chi connectivity index (χ4v) is 3.75. The molecule has 1 N–H and O–H groups in total. The lowest BCUT2D eigenvalue weighted by molar-refractivity contribution is 0.291. The first kappa shape index (κ1) is 14.4. The van der Waals surface area contributed by atoms with Crippen molar-refractivity contribution in [2.75, 3.05) is 6.61 Å². The molecule has 6 heteroatoms. The lowest BCUT2D eigenvalue weighted by atomic mass is 9.88. The van der Waals surface area contributed by atoms with E-state index in [2.05, 4.69) is 28.8 Å². The van der Waals surface area contributed by atoms with Crippen LogP contribution in [0.5, 0.6) is 5.75 Å². The topological polar surface area (TPSA) is 67.9 Å². The third kappa shape index (κ3) is 2.53. The van der Waals surface area contributed by atoms with E-state index in [0.717, 1.165) is 28.0 Å². The van der Waals surface area contributed by atoms with Gasteiger partial charge >= 0.3 is 0 Å². The van der Waals surface area contributed by atoms with Crippen molar-refractivity contribution < 1.29 is 8.95 Å². The number of fused-ring (bicyclic) bond motifs is 2. The molecular weight excluding hydrogens is 310 g/mol. The number of benzene rings is 1. The fraction of sp³-hybridized carbons (Fsp3) is 0.294. The van der Waals surface area contributed by atoms with Crippen molar-refractivity contribution in [3.63, 3.8) is 0 Å². The first-order valence-corrected chi connectivity index (χ1v) is 8.80. The van der Waals surface area contributed by atoms with Crippen molar-refractivity contribution in [1.82, 2.24) is 15.0 Å². The molecule has 1 unspecified atom stereocenters. The minimum absolute atomic E-state index is 0.0151. The van der Waals surface area contributed by atoms with E-state index in [1.165, 1.54) is 0 Å². The summed E-state index contributed by atoms with van der Waals surface area (Å²) < 4.78 is 18.3. The van der Waals surface area contributed by atoms with E-state index in [0.29, 0.717) is 17.5 Å². The number of hydrogen-bond donors (Lipinski definition) is 1. The van der Waals surface area contributed by atoms with Gasteiger partial charge in [-0.05, 0) is 12.1 Å². The highest BCUT2D eigenvalue weighted by atomic mass is 32.2. The Labute approximate surface area is 136 Å². The standard InChI is InChI=1S/C17H17N3O2S/c1-17(2)10-22-15-7-11(18-8-12(15)17)9-23(21)16-19-13-5-3-4-6-14(13)20-16/h3-8H,9-10H2,1-2H3,(H,19,20). The average Bonchev–Trinajstić information content (AvgIpc) is 3.09. The van der Waals surface area contributed by atoms with Gasteiger partial charge in [-0.3, -0.25) is 9.19 Å². The van der Waals surface area contributed by atoms with Gasteiger partial charge in [0, 0.05) is 23.2 Å². The van der Waals surface area contributed by atoms with Crippen LogP contribution >= 0.6 is 0 Å². The molecule has 3 heterocycles. The summed E-state index contributed by atoms with van der Waals surface area (Å²) in [6.45, 7) is 4.92. The Kier molecular flexibility index (Phi) is 3.23. The number of aromatic nitrogens is 3. The van der Waals surface area contributed by atoms with Gasteiger partial charge in [-0.2, -0.15) is 0 Å². The Morgan fingerprint density at radius 1 is 1.35 bits per heavy atom. The Morgan fingerprint density at radius 3 is 3.00 bits per heavy atom. The van der Waals surface area contributed by atoms with Crippen LogP contribution < -0.4 is 4.74 Å². The lowest BCUT2D eigenvalue weighted by Crippen LogP contribution is -2.18. The number of pyridine rings is 1. The maximum Gasteiger partial charge on any atom is 0.197 e. The molecule has 0 bridgehead atoms. The molecule has 1 aliphatic rings. The summed E-state index contributed by atoms with van der Waals surface area (Å²) in [5.41, 5.74) is 3.56. The Bertz CT molecular complexity index is 884. The molecule has 0 aliphatic carbocycles. The second-order valence-electron chi connectivity index (χ2n) is 6.39. The van der Waals surface area contributed by atoms with E-state index in [9.17, 15) is 4.21 Å². The van der Waals surface area contributed by atoms with Crippen molar-refractivity contribution in [3.8, 4) is 5.75 Å². The number of hydrogen-bond acceptors (Lipinski definition) is 4. The van der Waals surface area contributed by atoms with Crippen LogP contribution in [0, 0.1) is 0 Å². The second-order valence-corrected chi connectivity index (χ2v) is 7.76. The molecule has 23 heavy (non-hydrogen) atoms. The van der Waals surface area contributed by atoms with Crippen molar-refractivity contribution in [2.45, 2.75) is 30.2 Å². The summed E-state index contributed by atoms with van der Waals surface area (Å²) in [5, 5.41) is 0.481. The molecule has 0 spiro atoms. The van der Waals surface area contributed by atoms with E-state index in [4.69, 9.17) is 4.74 Å². The molecule has 0 amide bonds. The molecule has 0 saturated carbocycles. The quantitative estimate of drug-likeness (QED) is 0.803. The minimum Gasteiger partial charge on any atom is -0.492 e. The number of ether oxygens (including phenoxy) is 1. The summed E-state index contributed by atoms with van der Waals surface area (Å²) in [4.78, 5) is 12.0. The predicted molar refractivity (Wildman–Crippen MR) is 89.0 cm³/mol. The smallest absolute Gasteiger partial charge is 0.197 e. The van der Waals surface area contributed by atoms with Gasteiger partial charge in [0.05, 0.1) is 39.9 Å². The summed E-state index contributed by atoms with van der Waals surface area (Å²) in [6, 6.07) is 9.55. The van der Waals surface area contributed by atoms with Gasteiger partial charge in [-0.15, -0.1) is 0 Å². The third-order valence-corrected chi connectivity index (χ3v) is 5.29. The Morgan fingerprint density at radius 2 is 2.17 bits per heavy atom. The summed E-state index contributed by atoms with van der Waals surface area (Å²) in [6.07, 6.45) is 1.84. The first-order valence-electron chi connectivity index (χ1n) is 7.48. The molecule has 0 saturated heterocycles. The molecule has 1 aromatic carbocycles. The number of para-hydroxylation sites is 2. The SMILES string of the molecule is CC1(C)COc2cc(CS(=O)c3nc4ccccc4[nH]3)ncc21. The normalized spacial score (nSPS) is 17.0. The van der Waals surface area contributed by atoms with Gasteiger partial charge in [0.2, 0.25) is 0 Å². The number of nitrogens with one attached hydrogen (secondary N) is 1. The number of imidazole rings is 1. The number of nitrogens with zero attached hydrogens (tertiary/aromatic N) is 2. The molecule has 0 radical (unpaired) electrons. The predicted octanol–water partition coefficient (Wildman–Crippen LogP) is 2.94. The number of aromatic amines is 1. The molecule has 0 fully saturated rings. The van der Waals surface area contributed by atoms with Gasteiger partial charge in [0.15, 0.2) is 5.16 Å². The van der Waals surface area contributed by atoms with E-state index in [1.54, 1.807) is 0 Å². The minimum atomic E-state index is -1.27. The molecule has 2 aromatic heterocycles. The zero-order valence-corrected chi connectivity index (χ0v) is 13.8. The van der Waals surface area contributed by atoms with Gasteiger partial charge in [0.25, 0.3) is 0 Å². The second kappa shape index (κ2) is 5.16. The van der Waals surface area contributed by atoms with Crippen LogP contribution in [0.1, 0.15) is 25.1 Å². The van der Waals surface area contributed by atoms with Crippen LogP contribution in [0.3, 0.4) is 0 Å². The maximum atomic E-state index is 12.5. The first-order chi connectivity index (χ1) is 11.0. The summed E-state index contributed by atoms with van der Waals surface area (Å²) >= 11 is 0. The van der Waals surface area contributed by atoms with Crippen LogP contribution in [-0.2, 0) is 22.0 Å². The maximum absolute atomic E-state index is 12.5. The highest BCUT2D eigenvalue weighted by molar-refractivity contribution is 7.84. The zero-order valence-electron chi connectivity index (χ0n) is 13.0. The highest BCUT2D eigenvalue weighted by Crippen LogP contribution is 2.38. The van der Waals surface area contributed by atoms with E-state index >= 15 is 0 Å². The molecule has 5 nitrogen and oxygen atoms in total. The van der Waals surface area contributed by atoms with Crippen molar-refractivity contribution >= 4 is 21.8 Å². The third-order valence-electron chi connectivity index (χ3n) is 4.10. The molecule has 1 aliphatic heterocycles. The Balaban J connectivity index is 1.59. The van der Waals surface area contributed by atoms with Crippen LogP contribution in [0.15, 0.2) is 41.7 Å². The van der Waals surface area contributed by atoms with Crippen molar-refractivity contribution in [3.05, 3.63) is 47.8 Å². The highest BCUT2D eigenvalue weighted by Gasteiger charge is 2.32. The van der Waals surface area contributed by atoms with Crippen LogP contribution in [0.4, 0.5) is 0 Å². The van der Waals surface area contributed by atoms with Gasteiger partial charge in [-0.25, -0.2) is 4.98 Å². The van der Waals surface area contributed by atoms with E-state index < -0.39 is 10.8 Å². The fourth-order valence-electron chi connectivity index (χ4n) is 2.76. The van der Waals surface area contributed by atoms with Gasteiger partial charge in [-0.1, -0.05) is 26.0 Å². The van der Waals surface area contributed by atoms with Gasteiger partial charge < -0.3 is 9.72 Å². The molecular formula is C17H17N3O2S. The van der Waals surface area contributed by atoms with Crippen LogP contribution in [0.2, 0.25) is 0 Å². The zero-order chi connectivity index (χ0) is 16.0. The van der Waals surface area contributed by atoms with Crippen molar-refractivity contribution in [2.24, 2.45) is 0 Å². The average molecular weight is 327 g/mol. The number of H-pyrrole nitrogens is 1. The monoisotopic (exact) mass is 327 g/mol. The summed E-state index contributed by atoms with van der Waals surface area (Å²) in [7, 11) is -1.27. The van der Waals surface area contributed by atoms with Gasteiger partial charge in [0.1, 0.15) is 5.75 Å². The molecule has 3 aromatic rings. The van der Waals surface area contributed by atoms with Crippen LogP contribution in [0.25, 0.3) is 11.0 Å². The van der Waals surface area contributed by atoms with E-state index in [1.807, 2.05) is 36.5 Å². The Hall–Kier alpha value is -2.21. The van der Waals surface area contributed by atoms with E-state index in [-0.39, 0.29) is 5.41 Å². The van der Waals surface area contributed by atoms with Crippen LogP contribution in [-0.4, -0.2) is 25.8 Å². The molecule has 4 rings (SSSR count).